The summed E-state index contributed by atoms with van der Waals surface area (Å²) in [6.45, 7) is 0. The Labute approximate surface area is 324 Å². The molecule has 0 saturated carbocycles. The van der Waals surface area contributed by atoms with Gasteiger partial charge in [-0.1, -0.05) is 140 Å². The lowest BCUT2D eigenvalue weighted by molar-refractivity contribution is 0.673. The normalized spacial score (nSPS) is 11.9. The number of hydrogen-bond donors (Lipinski definition) is 0. The van der Waals surface area contributed by atoms with Gasteiger partial charge in [0.15, 0.2) is 17.5 Å². The van der Waals surface area contributed by atoms with Crippen molar-refractivity contribution in [2.24, 2.45) is 0 Å². The molecule has 0 fully saturated rings. The van der Waals surface area contributed by atoms with Gasteiger partial charge in [-0.25, -0.2) is 19.9 Å². The molecule has 0 saturated heterocycles. The Kier molecular flexibility index (Phi) is 6.73. The van der Waals surface area contributed by atoms with Crippen LogP contribution in [0, 0.1) is 0 Å². The van der Waals surface area contributed by atoms with E-state index in [0.717, 1.165) is 76.9 Å². The van der Waals surface area contributed by atoms with Crippen LogP contribution < -0.4 is 0 Å². The van der Waals surface area contributed by atoms with Crippen LogP contribution in [0.15, 0.2) is 174 Å². The number of hydrogen-bond acceptors (Lipinski definition) is 6. The van der Waals surface area contributed by atoms with E-state index in [-0.39, 0.29) is 0 Å². The molecule has 0 spiro atoms. The molecule has 4 heterocycles. The molecule has 0 bridgehead atoms. The number of benzene rings is 8. The first-order chi connectivity index (χ1) is 27.7. The Morgan fingerprint density at radius 1 is 0.375 bits per heavy atom. The lowest BCUT2D eigenvalue weighted by Crippen LogP contribution is -2.00. The van der Waals surface area contributed by atoms with Gasteiger partial charge in [-0.2, -0.15) is 0 Å². The third kappa shape index (κ3) is 4.73. The van der Waals surface area contributed by atoms with Gasteiger partial charge in [-0.05, 0) is 41.1 Å². The average Bonchev–Trinajstić information content (AvgIpc) is 3.84. The fraction of sp³-hybridized carbons (Fsp3) is 0. The number of thiophene rings is 1. The molecule has 0 amide bonds. The monoisotopic (exact) mass is 732 g/mol. The Balaban J connectivity index is 1.11. The number of aromatic nitrogens is 4. The standard InChI is InChI=1S/C50H28N4OS/c1-2-13-30(14-3-1)48-52-49(31-24-25-34-33-17-7-9-23-42(33)56-43(34)28-31)54-50(53-48)40-21-11-20-36-37-26-27-39-44(47(37)55-46(36)40)38-18-6-8-22-41(38)51-45(39)35-19-10-15-29-12-4-5-16-32(29)35/h1-28H. The highest BCUT2D eigenvalue weighted by Crippen LogP contribution is 2.44. The molecule has 4 aromatic heterocycles. The smallest absolute Gasteiger partial charge is 0.167 e. The van der Waals surface area contributed by atoms with Gasteiger partial charge in [0.1, 0.15) is 11.2 Å². The van der Waals surface area contributed by atoms with Crippen molar-refractivity contribution in [3.05, 3.63) is 170 Å². The quantitative estimate of drug-likeness (QED) is 0.169. The molecular formula is C50H28N4OS. The highest BCUT2D eigenvalue weighted by molar-refractivity contribution is 7.25. The molecule has 0 atom stereocenters. The van der Waals surface area contributed by atoms with E-state index in [1.54, 1.807) is 11.3 Å². The van der Waals surface area contributed by atoms with Crippen LogP contribution in [0.3, 0.4) is 0 Å². The van der Waals surface area contributed by atoms with E-state index in [1.807, 2.05) is 36.4 Å². The van der Waals surface area contributed by atoms with Crippen LogP contribution in [0.5, 0.6) is 0 Å². The van der Waals surface area contributed by atoms with Gasteiger partial charge in [-0.3, -0.25) is 0 Å². The summed E-state index contributed by atoms with van der Waals surface area (Å²) in [7, 11) is 0. The third-order valence-corrected chi connectivity index (χ3v) is 12.1. The molecule has 56 heavy (non-hydrogen) atoms. The third-order valence-electron chi connectivity index (χ3n) is 10.9. The van der Waals surface area contributed by atoms with E-state index in [9.17, 15) is 0 Å². The van der Waals surface area contributed by atoms with E-state index in [1.165, 1.54) is 25.6 Å². The van der Waals surface area contributed by atoms with Crippen molar-refractivity contribution >= 4 is 85.9 Å². The minimum Gasteiger partial charge on any atom is -0.455 e. The first-order valence-corrected chi connectivity index (χ1v) is 19.5. The van der Waals surface area contributed by atoms with Crippen molar-refractivity contribution in [1.82, 2.24) is 19.9 Å². The van der Waals surface area contributed by atoms with Crippen LogP contribution in [-0.2, 0) is 0 Å². The fourth-order valence-electron chi connectivity index (χ4n) is 8.31. The van der Waals surface area contributed by atoms with Crippen molar-refractivity contribution in [1.29, 1.82) is 0 Å². The number of fused-ring (bicyclic) bond motifs is 11. The summed E-state index contributed by atoms with van der Waals surface area (Å²) in [6, 6.07) is 59.1. The number of nitrogens with zero attached hydrogens (tertiary/aromatic N) is 4. The van der Waals surface area contributed by atoms with Gasteiger partial charge in [0.25, 0.3) is 0 Å². The zero-order valence-electron chi connectivity index (χ0n) is 29.8. The molecule has 6 heteroatoms. The topological polar surface area (TPSA) is 64.7 Å². The van der Waals surface area contributed by atoms with Crippen molar-refractivity contribution in [2.75, 3.05) is 0 Å². The van der Waals surface area contributed by atoms with Gasteiger partial charge < -0.3 is 4.42 Å². The predicted octanol–water partition coefficient (Wildman–Crippen LogP) is 13.7. The maximum atomic E-state index is 7.09. The first kappa shape index (κ1) is 31.1. The summed E-state index contributed by atoms with van der Waals surface area (Å²) in [4.78, 5) is 20.7. The zero-order chi connectivity index (χ0) is 36.7. The molecule has 12 aromatic rings. The van der Waals surface area contributed by atoms with Gasteiger partial charge in [-0.15, -0.1) is 11.3 Å². The van der Waals surface area contributed by atoms with Crippen molar-refractivity contribution in [3.8, 4) is 45.4 Å². The fourth-order valence-corrected chi connectivity index (χ4v) is 9.46. The minimum atomic E-state index is 0.558. The van der Waals surface area contributed by atoms with E-state index >= 15 is 0 Å². The van der Waals surface area contributed by atoms with Crippen LogP contribution in [0.1, 0.15) is 0 Å². The SMILES string of the molecule is c1ccc(-c2nc(-c3ccc4c(c3)sc3ccccc34)nc(-c3cccc4c3oc3c4ccc4c(-c5cccc6ccccc56)nc5ccccc5c43)n2)cc1. The molecule has 0 aliphatic heterocycles. The lowest BCUT2D eigenvalue weighted by atomic mass is 9.95. The van der Waals surface area contributed by atoms with Crippen LogP contribution in [0.4, 0.5) is 0 Å². The van der Waals surface area contributed by atoms with E-state index in [2.05, 4.69) is 133 Å². The maximum Gasteiger partial charge on any atom is 0.167 e. The van der Waals surface area contributed by atoms with Crippen LogP contribution >= 0.6 is 11.3 Å². The molecule has 8 aromatic carbocycles. The van der Waals surface area contributed by atoms with Crippen LogP contribution in [0.25, 0.3) is 120 Å². The summed E-state index contributed by atoms with van der Waals surface area (Å²) in [5, 5.41) is 9.99. The molecule has 12 rings (SSSR count). The second kappa shape index (κ2) is 12.1. The van der Waals surface area contributed by atoms with Crippen LogP contribution in [0.2, 0.25) is 0 Å². The van der Waals surface area contributed by atoms with Crippen molar-refractivity contribution in [3.63, 3.8) is 0 Å². The summed E-state index contributed by atoms with van der Waals surface area (Å²) < 4.78 is 9.55. The molecule has 0 N–H and O–H groups in total. The molecule has 0 aliphatic carbocycles. The van der Waals surface area contributed by atoms with Gasteiger partial charge in [0.05, 0.1) is 16.8 Å². The van der Waals surface area contributed by atoms with Gasteiger partial charge >= 0.3 is 0 Å². The summed E-state index contributed by atoms with van der Waals surface area (Å²) in [5.41, 5.74) is 7.16. The zero-order valence-corrected chi connectivity index (χ0v) is 30.6. The Hall–Kier alpha value is -7.28. The molecule has 0 aliphatic rings. The second-order valence-electron chi connectivity index (χ2n) is 14.1. The predicted molar refractivity (Wildman–Crippen MR) is 232 cm³/mol. The molecular weight excluding hydrogens is 705 g/mol. The highest BCUT2D eigenvalue weighted by atomic mass is 32.1. The molecule has 0 unspecified atom stereocenters. The first-order valence-electron chi connectivity index (χ1n) is 18.6. The van der Waals surface area contributed by atoms with Crippen molar-refractivity contribution < 1.29 is 4.42 Å². The Bertz CT molecular complexity index is 3550. The molecule has 0 radical (unpaired) electrons. The largest absolute Gasteiger partial charge is 0.455 e. The van der Waals surface area contributed by atoms with Gasteiger partial charge in [0.2, 0.25) is 0 Å². The van der Waals surface area contributed by atoms with Crippen molar-refractivity contribution in [2.45, 2.75) is 0 Å². The second-order valence-corrected chi connectivity index (χ2v) is 15.2. The minimum absolute atomic E-state index is 0.558. The summed E-state index contributed by atoms with van der Waals surface area (Å²) in [6.07, 6.45) is 0. The molecule has 5 nitrogen and oxygen atoms in total. The number of pyridine rings is 1. The molecule has 260 valence electrons. The maximum absolute atomic E-state index is 7.09. The number of furan rings is 1. The van der Waals surface area contributed by atoms with Gasteiger partial charge in [0, 0.05) is 63.8 Å². The van der Waals surface area contributed by atoms with E-state index in [4.69, 9.17) is 24.4 Å². The summed E-state index contributed by atoms with van der Waals surface area (Å²) in [5.74, 6) is 1.78. The Morgan fingerprint density at radius 2 is 1.00 bits per heavy atom. The van der Waals surface area contributed by atoms with Crippen LogP contribution in [-0.4, -0.2) is 19.9 Å². The number of rotatable bonds is 4. The Morgan fingerprint density at radius 3 is 1.91 bits per heavy atom. The van der Waals surface area contributed by atoms with E-state index < -0.39 is 0 Å². The lowest BCUT2D eigenvalue weighted by Gasteiger charge is -2.12. The average molecular weight is 733 g/mol. The summed E-state index contributed by atoms with van der Waals surface area (Å²) >= 11 is 1.79. The number of para-hydroxylation sites is 2. The highest BCUT2D eigenvalue weighted by Gasteiger charge is 2.22. The van der Waals surface area contributed by atoms with E-state index in [0.29, 0.717) is 17.5 Å².